The van der Waals surface area contributed by atoms with Crippen LogP contribution in [0.3, 0.4) is 0 Å². The third-order valence-corrected chi connectivity index (χ3v) is 8.38. The molecule has 7 N–H and O–H groups in total. The van der Waals surface area contributed by atoms with Gasteiger partial charge in [-0.05, 0) is 55.5 Å². The molecule has 1 heterocycles. The number of aliphatic imine (C=N–C) groups is 1. The minimum atomic E-state index is -0.806. The Hall–Kier alpha value is -5.98. The Morgan fingerprint density at radius 3 is 2.31 bits per heavy atom. The summed E-state index contributed by atoms with van der Waals surface area (Å²) in [6.07, 6.45) is 1.44. The quantitative estimate of drug-likeness (QED) is 0.0697. The molecule has 0 spiro atoms. The molecule has 13 heteroatoms. The van der Waals surface area contributed by atoms with E-state index in [1.165, 1.54) is 10.8 Å². The topological polar surface area (TPSA) is 196 Å². The lowest BCUT2D eigenvalue weighted by atomic mass is 10.1. The van der Waals surface area contributed by atoms with Gasteiger partial charge >= 0.3 is 6.09 Å². The Bertz CT molecular complexity index is 1920. The molecule has 3 aromatic carbocycles. The van der Waals surface area contributed by atoms with Gasteiger partial charge in [-0.1, -0.05) is 75.4 Å². The van der Waals surface area contributed by atoms with Gasteiger partial charge in [0.2, 0.25) is 5.91 Å². The molecule has 3 amide bonds. The van der Waals surface area contributed by atoms with E-state index >= 15 is 0 Å². The largest absolute Gasteiger partial charge is 0.443 e. The summed E-state index contributed by atoms with van der Waals surface area (Å²) in [5.74, 6) is -0.428. The van der Waals surface area contributed by atoms with Crippen LogP contribution >= 0.6 is 0 Å². The maximum Gasteiger partial charge on any atom is 0.435 e. The number of ether oxygens (including phenoxy) is 1. The molecule has 0 radical (unpaired) electrons. The molecule has 4 aromatic rings. The van der Waals surface area contributed by atoms with E-state index in [2.05, 4.69) is 25.9 Å². The fourth-order valence-corrected chi connectivity index (χ4v) is 4.80. The highest BCUT2D eigenvalue weighted by Crippen LogP contribution is 2.24. The van der Waals surface area contributed by atoms with Crippen LogP contribution in [0.5, 0.6) is 0 Å². The Balaban J connectivity index is 1.50. The van der Waals surface area contributed by atoms with Crippen molar-refractivity contribution in [2.45, 2.75) is 72.8 Å². The summed E-state index contributed by atoms with van der Waals surface area (Å²) in [6.45, 7) is 9.75. The first-order valence-electron chi connectivity index (χ1n) is 16.8. The maximum atomic E-state index is 13.8. The van der Waals surface area contributed by atoms with Gasteiger partial charge < -0.3 is 32.2 Å². The van der Waals surface area contributed by atoms with Crippen LogP contribution in [0, 0.1) is 5.92 Å². The highest BCUT2D eigenvalue weighted by atomic mass is 16.5. The lowest BCUT2D eigenvalue weighted by Gasteiger charge is -2.20. The molecule has 0 aliphatic rings. The molecule has 0 aliphatic heterocycles. The van der Waals surface area contributed by atoms with Crippen molar-refractivity contribution >= 4 is 35.2 Å². The summed E-state index contributed by atoms with van der Waals surface area (Å²) in [5.41, 5.74) is 15.2. The molecule has 0 saturated carbocycles. The van der Waals surface area contributed by atoms with Crippen molar-refractivity contribution in [3.05, 3.63) is 112 Å². The van der Waals surface area contributed by atoms with Crippen molar-refractivity contribution in [2.24, 2.45) is 16.6 Å². The van der Waals surface area contributed by atoms with E-state index in [0.717, 1.165) is 17.5 Å². The number of hydrogen-bond donors (Lipinski definition) is 5. The normalized spacial score (nSPS) is 12.5. The number of nitrogens with two attached hydrogens (primary N) is 2. The predicted octanol–water partition coefficient (Wildman–Crippen LogP) is 4.84. The molecular weight excluding hydrogens is 648 g/mol. The number of aromatic nitrogens is 2. The monoisotopic (exact) mass is 694 g/mol. The van der Waals surface area contributed by atoms with Crippen molar-refractivity contribution in [2.75, 3.05) is 11.1 Å². The second kappa shape index (κ2) is 17.6. The van der Waals surface area contributed by atoms with Gasteiger partial charge in [-0.3, -0.25) is 19.0 Å². The minimum Gasteiger partial charge on any atom is -0.443 e. The van der Waals surface area contributed by atoms with Crippen molar-refractivity contribution < 1.29 is 19.1 Å². The summed E-state index contributed by atoms with van der Waals surface area (Å²) < 4.78 is 6.49. The second-order valence-corrected chi connectivity index (χ2v) is 12.7. The molecule has 2 atom stereocenters. The fourth-order valence-electron chi connectivity index (χ4n) is 4.80. The van der Waals surface area contributed by atoms with Crippen LogP contribution in [0.15, 0.2) is 88.8 Å². The predicted molar refractivity (Wildman–Crippen MR) is 199 cm³/mol. The molecule has 4 rings (SSSR count). The standard InChI is InChI=1S/C38H46N8O5/c1-6-24(4)43-36(48)30-16-29(17-31(39)18-30)32-20-42-35(44-25(5)23(2)3)37(49)46(32)21-33(47)41-19-26-12-14-28(15-13-26)34(40)45-38(50)51-22-27-10-8-7-9-11-27/h7-18,20,23-25H,6,19,21-22,39H2,1-5H3,(H,41,47)(H,42,44)(H,43,48)(H2,40,45,50)/t24-,25+/m1/s1. The molecule has 0 unspecified atom stereocenters. The van der Waals surface area contributed by atoms with Gasteiger partial charge in [0.25, 0.3) is 11.5 Å². The highest BCUT2D eigenvalue weighted by Gasteiger charge is 2.19. The van der Waals surface area contributed by atoms with Crippen LogP contribution in [0.2, 0.25) is 0 Å². The summed E-state index contributed by atoms with van der Waals surface area (Å²) in [6, 6.07) is 20.8. The minimum absolute atomic E-state index is 0.00787. The molecule has 0 saturated heterocycles. The zero-order chi connectivity index (χ0) is 37.1. The number of carbonyl (C=O) groups is 3. The van der Waals surface area contributed by atoms with E-state index in [4.69, 9.17) is 16.2 Å². The van der Waals surface area contributed by atoms with Crippen molar-refractivity contribution in [3.63, 3.8) is 0 Å². The first-order chi connectivity index (χ1) is 24.3. The molecule has 0 aliphatic carbocycles. The van der Waals surface area contributed by atoms with E-state index in [1.807, 2.05) is 65.0 Å². The number of amidine groups is 1. The number of anilines is 2. The number of benzene rings is 3. The number of rotatable bonds is 14. The van der Waals surface area contributed by atoms with Gasteiger partial charge in [-0.2, -0.15) is 4.99 Å². The van der Waals surface area contributed by atoms with Crippen LogP contribution in [0.25, 0.3) is 11.3 Å². The summed E-state index contributed by atoms with van der Waals surface area (Å²) in [5, 5.41) is 8.93. The molecule has 268 valence electrons. The summed E-state index contributed by atoms with van der Waals surface area (Å²) in [7, 11) is 0. The van der Waals surface area contributed by atoms with Crippen LogP contribution in [0.1, 0.15) is 68.1 Å². The molecule has 1 aromatic heterocycles. The molecule has 0 fully saturated rings. The van der Waals surface area contributed by atoms with Gasteiger partial charge in [0.15, 0.2) is 5.82 Å². The van der Waals surface area contributed by atoms with E-state index in [1.54, 1.807) is 42.5 Å². The highest BCUT2D eigenvalue weighted by molar-refractivity contribution is 6.02. The van der Waals surface area contributed by atoms with Crippen molar-refractivity contribution in [1.29, 1.82) is 0 Å². The van der Waals surface area contributed by atoms with Gasteiger partial charge in [0.05, 0.1) is 11.9 Å². The Kier molecular flexibility index (Phi) is 13.1. The lowest BCUT2D eigenvalue weighted by molar-refractivity contribution is -0.121. The Labute approximate surface area is 297 Å². The average Bonchev–Trinajstić information content (AvgIpc) is 3.11. The lowest BCUT2D eigenvalue weighted by Crippen LogP contribution is -2.36. The number of carbonyl (C=O) groups excluding carboxylic acids is 3. The third kappa shape index (κ3) is 10.8. The number of amides is 3. The van der Waals surface area contributed by atoms with Gasteiger partial charge in [-0.15, -0.1) is 0 Å². The summed E-state index contributed by atoms with van der Waals surface area (Å²) in [4.78, 5) is 60.5. The van der Waals surface area contributed by atoms with E-state index in [0.29, 0.717) is 28.1 Å². The van der Waals surface area contributed by atoms with Crippen LogP contribution in [-0.2, 0) is 29.2 Å². The molecular formula is C38H46N8O5. The third-order valence-electron chi connectivity index (χ3n) is 8.38. The van der Waals surface area contributed by atoms with Crippen LogP contribution in [-0.4, -0.2) is 45.4 Å². The first kappa shape index (κ1) is 37.8. The Morgan fingerprint density at radius 1 is 0.941 bits per heavy atom. The summed E-state index contributed by atoms with van der Waals surface area (Å²) >= 11 is 0. The zero-order valence-corrected chi connectivity index (χ0v) is 29.6. The SMILES string of the molecule is CC[C@@H](C)NC(=O)c1cc(N)cc(-c2cnc(N[C@@H](C)C(C)C)c(=O)n2CC(=O)NCc2ccc(/C(N)=N/C(=O)OCc3ccccc3)cc2)c1. The molecule has 0 bridgehead atoms. The van der Waals surface area contributed by atoms with E-state index in [-0.39, 0.29) is 55.3 Å². The van der Waals surface area contributed by atoms with Gasteiger partial charge in [0.1, 0.15) is 19.0 Å². The maximum absolute atomic E-state index is 13.8. The molecule has 13 nitrogen and oxygen atoms in total. The van der Waals surface area contributed by atoms with Crippen molar-refractivity contribution in [3.8, 4) is 11.3 Å². The van der Waals surface area contributed by atoms with Crippen LogP contribution in [0.4, 0.5) is 16.3 Å². The number of nitrogen functional groups attached to an aromatic ring is 1. The number of nitrogens with zero attached hydrogens (tertiary/aromatic N) is 3. The van der Waals surface area contributed by atoms with Crippen molar-refractivity contribution in [1.82, 2.24) is 20.2 Å². The molecule has 51 heavy (non-hydrogen) atoms. The van der Waals surface area contributed by atoms with Crippen LogP contribution < -0.4 is 33.0 Å². The average molecular weight is 695 g/mol. The Morgan fingerprint density at radius 2 is 1.65 bits per heavy atom. The number of nitrogens with one attached hydrogen (secondary N) is 3. The first-order valence-corrected chi connectivity index (χ1v) is 16.8. The fraction of sp³-hybridized carbons (Fsp3) is 0.316. The second-order valence-electron chi connectivity index (χ2n) is 12.7. The van der Waals surface area contributed by atoms with E-state index in [9.17, 15) is 19.2 Å². The number of hydrogen-bond acceptors (Lipinski definition) is 8. The van der Waals surface area contributed by atoms with Gasteiger partial charge in [0, 0.05) is 41.0 Å². The zero-order valence-electron chi connectivity index (χ0n) is 29.6. The smallest absolute Gasteiger partial charge is 0.435 e. The van der Waals surface area contributed by atoms with E-state index < -0.39 is 17.6 Å². The van der Waals surface area contributed by atoms with Gasteiger partial charge in [-0.25, -0.2) is 9.78 Å².